The zero-order valence-electron chi connectivity index (χ0n) is 10.6. The highest BCUT2D eigenvalue weighted by Crippen LogP contribution is 2.22. The summed E-state index contributed by atoms with van der Waals surface area (Å²) in [6.45, 7) is 3.28. The van der Waals surface area contributed by atoms with Crippen LogP contribution in [0.2, 0.25) is 0 Å². The van der Waals surface area contributed by atoms with Crippen molar-refractivity contribution in [1.82, 2.24) is 20.1 Å². The van der Waals surface area contributed by atoms with Crippen LogP contribution < -0.4 is 5.73 Å². The van der Waals surface area contributed by atoms with Crippen molar-refractivity contribution in [2.45, 2.75) is 12.6 Å². The number of H-pyrrole nitrogens is 1. The minimum atomic E-state index is -0.0137. The number of hydrogen-bond acceptors (Lipinski definition) is 5. The molecule has 6 nitrogen and oxygen atoms in total. The van der Waals surface area contributed by atoms with Crippen molar-refractivity contribution in [3.8, 4) is 0 Å². The van der Waals surface area contributed by atoms with Gasteiger partial charge >= 0.3 is 0 Å². The molecule has 0 unspecified atom stereocenters. The molecule has 3 N–H and O–H groups in total. The molecule has 0 bridgehead atoms. The third-order valence-electron chi connectivity index (χ3n) is 3.22. The van der Waals surface area contributed by atoms with Crippen LogP contribution in [0.25, 0.3) is 0 Å². The number of aromatic amines is 1. The van der Waals surface area contributed by atoms with Crippen molar-refractivity contribution in [2.24, 2.45) is 0 Å². The van der Waals surface area contributed by atoms with E-state index < -0.39 is 0 Å². The summed E-state index contributed by atoms with van der Waals surface area (Å²) in [4.78, 5) is 6.66. The number of nitrogens with zero attached hydrogens (tertiary/aromatic N) is 3. The van der Waals surface area contributed by atoms with E-state index >= 15 is 0 Å². The third kappa shape index (κ3) is 2.91. The maximum absolute atomic E-state index is 5.78. The summed E-state index contributed by atoms with van der Waals surface area (Å²) in [5.41, 5.74) is 7.73. The van der Waals surface area contributed by atoms with E-state index in [1.54, 1.807) is 12.3 Å². The van der Waals surface area contributed by atoms with E-state index in [9.17, 15) is 0 Å². The SMILES string of the molecule is Nc1cccc([C@H]2CN(Cc3ccn[nH]3)CCO2)n1. The van der Waals surface area contributed by atoms with Crippen molar-refractivity contribution >= 4 is 5.82 Å². The molecule has 1 aliphatic heterocycles. The minimum Gasteiger partial charge on any atom is -0.384 e. The van der Waals surface area contributed by atoms with Crippen LogP contribution >= 0.6 is 0 Å². The number of pyridine rings is 1. The van der Waals surface area contributed by atoms with Gasteiger partial charge in [0, 0.05) is 31.5 Å². The van der Waals surface area contributed by atoms with Crippen LogP contribution in [-0.4, -0.2) is 39.8 Å². The third-order valence-corrected chi connectivity index (χ3v) is 3.22. The predicted molar refractivity (Wildman–Crippen MR) is 71.2 cm³/mol. The molecule has 0 radical (unpaired) electrons. The van der Waals surface area contributed by atoms with E-state index in [1.165, 1.54) is 0 Å². The van der Waals surface area contributed by atoms with Crippen LogP contribution in [0.5, 0.6) is 0 Å². The summed E-state index contributed by atoms with van der Waals surface area (Å²) in [5, 5.41) is 6.94. The second kappa shape index (κ2) is 5.38. The minimum absolute atomic E-state index is 0.0137. The van der Waals surface area contributed by atoms with Crippen molar-refractivity contribution in [1.29, 1.82) is 0 Å². The van der Waals surface area contributed by atoms with Crippen LogP contribution in [0.15, 0.2) is 30.5 Å². The Morgan fingerprint density at radius 2 is 2.37 bits per heavy atom. The first kappa shape index (κ1) is 12.1. The number of ether oxygens (including phenoxy) is 1. The molecule has 1 atom stereocenters. The summed E-state index contributed by atoms with van der Waals surface area (Å²) in [6, 6.07) is 7.65. The standard InChI is InChI=1S/C13H17N5O/c14-13-3-1-2-11(16-13)12-9-18(6-7-19-12)8-10-4-5-15-17-10/h1-5,12H,6-9H2,(H2,14,16)(H,15,17)/t12-/m1/s1. The number of nitrogen functional groups attached to an aromatic ring is 1. The molecule has 1 fully saturated rings. The lowest BCUT2D eigenvalue weighted by molar-refractivity contribution is -0.0352. The zero-order chi connectivity index (χ0) is 13.1. The highest BCUT2D eigenvalue weighted by molar-refractivity contribution is 5.29. The molecule has 0 saturated carbocycles. The molecule has 2 aromatic rings. The fourth-order valence-corrected chi connectivity index (χ4v) is 2.29. The molecule has 0 aliphatic carbocycles. The van der Waals surface area contributed by atoms with Crippen molar-refractivity contribution < 1.29 is 4.74 Å². The molecule has 3 rings (SSSR count). The first-order valence-corrected chi connectivity index (χ1v) is 6.36. The Morgan fingerprint density at radius 1 is 1.42 bits per heavy atom. The Hall–Kier alpha value is -1.92. The second-order valence-corrected chi connectivity index (χ2v) is 4.66. The Kier molecular flexibility index (Phi) is 3.43. The topological polar surface area (TPSA) is 80.1 Å². The number of hydrogen-bond donors (Lipinski definition) is 2. The van der Waals surface area contributed by atoms with Gasteiger partial charge in [-0.25, -0.2) is 4.98 Å². The van der Waals surface area contributed by atoms with E-state index in [0.29, 0.717) is 12.4 Å². The van der Waals surface area contributed by atoms with Gasteiger partial charge in [-0.15, -0.1) is 0 Å². The Labute approximate surface area is 111 Å². The average molecular weight is 259 g/mol. The average Bonchev–Trinajstić information content (AvgIpc) is 2.92. The Bertz CT molecular complexity index is 528. The summed E-state index contributed by atoms with van der Waals surface area (Å²) in [6.07, 6.45) is 1.76. The van der Waals surface area contributed by atoms with E-state index in [1.807, 2.05) is 18.2 Å². The van der Waals surface area contributed by atoms with Gasteiger partial charge in [0.15, 0.2) is 0 Å². The van der Waals surface area contributed by atoms with Crippen molar-refractivity contribution in [3.63, 3.8) is 0 Å². The number of aromatic nitrogens is 3. The van der Waals surface area contributed by atoms with Gasteiger partial charge in [0.05, 0.1) is 12.3 Å². The fraction of sp³-hybridized carbons (Fsp3) is 0.385. The lowest BCUT2D eigenvalue weighted by atomic mass is 10.2. The summed E-state index contributed by atoms with van der Waals surface area (Å²) in [5.74, 6) is 0.534. The molecule has 100 valence electrons. The molecule has 1 aliphatic rings. The van der Waals surface area contributed by atoms with E-state index in [2.05, 4.69) is 20.1 Å². The van der Waals surface area contributed by atoms with E-state index in [-0.39, 0.29) is 6.10 Å². The van der Waals surface area contributed by atoms with Crippen LogP contribution in [0, 0.1) is 0 Å². The molecule has 0 spiro atoms. The van der Waals surface area contributed by atoms with Gasteiger partial charge in [0.1, 0.15) is 11.9 Å². The normalized spacial score (nSPS) is 20.5. The molecule has 3 heterocycles. The van der Waals surface area contributed by atoms with Crippen molar-refractivity contribution in [2.75, 3.05) is 25.4 Å². The highest BCUT2D eigenvalue weighted by Gasteiger charge is 2.23. The first-order valence-electron chi connectivity index (χ1n) is 6.36. The molecule has 0 aromatic carbocycles. The van der Waals surface area contributed by atoms with Crippen LogP contribution in [0.4, 0.5) is 5.82 Å². The van der Waals surface area contributed by atoms with Gasteiger partial charge in [-0.1, -0.05) is 6.07 Å². The molecule has 1 saturated heterocycles. The van der Waals surface area contributed by atoms with Crippen LogP contribution in [0.1, 0.15) is 17.5 Å². The zero-order valence-corrected chi connectivity index (χ0v) is 10.6. The molecular formula is C13H17N5O. The van der Waals surface area contributed by atoms with Gasteiger partial charge in [-0.2, -0.15) is 5.10 Å². The number of anilines is 1. The fourth-order valence-electron chi connectivity index (χ4n) is 2.29. The lowest BCUT2D eigenvalue weighted by Gasteiger charge is -2.32. The smallest absolute Gasteiger partial charge is 0.123 e. The number of rotatable bonds is 3. The monoisotopic (exact) mass is 259 g/mol. The summed E-state index contributed by atoms with van der Waals surface area (Å²) >= 11 is 0. The summed E-state index contributed by atoms with van der Waals surface area (Å²) < 4.78 is 5.78. The molecule has 0 amide bonds. The maximum Gasteiger partial charge on any atom is 0.123 e. The van der Waals surface area contributed by atoms with Gasteiger partial charge in [-0.3, -0.25) is 10.00 Å². The number of morpholine rings is 1. The lowest BCUT2D eigenvalue weighted by Crippen LogP contribution is -2.38. The van der Waals surface area contributed by atoms with Gasteiger partial charge in [-0.05, 0) is 18.2 Å². The highest BCUT2D eigenvalue weighted by atomic mass is 16.5. The van der Waals surface area contributed by atoms with Crippen LogP contribution in [0.3, 0.4) is 0 Å². The molecule has 6 heteroatoms. The Morgan fingerprint density at radius 3 is 3.16 bits per heavy atom. The van der Waals surface area contributed by atoms with Crippen molar-refractivity contribution in [3.05, 3.63) is 41.9 Å². The van der Waals surface area contributed by atoms with Gasteiger partial charge in [0.25, 0.3) is 0 Å². The number of nitrogens with two attached hydrogens (primary N) is 1. The van der Waals surface area contributed by atoms with E-state index in [0.717, 1.165) is 31.0 Å². The molecular weight excluding hydrogens is 242 g/mol. The maximum atomic E-state index is 5.78. The summed E-state index contributed by atoms with van der Waals surface area (Å²) in [7, 11) is 0. The van der Waals surface area contributed by atoms with Gasteiger partial charge in [0.2, 0.25) is 0 Å². The Balaban J connectivity index is 1.67. The first-order chi connectivity index (χ1) is 9.31. The van der Waals surface area contributed by atoms with Gasteiger partial charge < -0.3 is 10.5 Å². The number of nitrogens with one attached hydrogen (secondary N) is 1. The van der Waals surface area contributed by atoms with E-state index in [4.69, 9.17) is 10.5 Å². The molecule has 2 aromatic heterocycles. The predicted octanol–water partition coefficient (Wildman–Crippen LogP) is 0.960. The quantitative estimate of drug-likeness (QED) is 0.858. The molecule has 19 heavy (non-hydrogen) atoms. The largest absolute Gasteiger partial charge is 0.384 e. The second-order valence-electron chi connectivity index (χ2n) is 4.66. The van der Waals surface area contributed by atoms with Crippen LogP contribution in [-0.2, 0) is 11.3 Å².